The molecule has 0 spiro atoms. The summed E-state index contributed by atoms with van der Waals surface area (Å²) >= 11 is 0. The number of fused-ring (bicyclic) bond motifs is 1. The van der Waals surface area contributed by atoms with Crippen molar-refractivity contribution in [3.63, 3.8) is 0 Å². The largest absolute Gasteiger partial charge is 0.345 e. The molecule has 1 aromatic heterocycles. The second-order valence-corrected chi connectivity index (χ2v) is 3.86. The van der Waals surface area contributed by atoms with Gasteiger partial charge in [-0.05, 0) is 19.1 Å². The van der Waals surface area contributed by atoms with Crippen LogP contribution < -0.4 is 5.43 Å². The number of benzene rings is 1. The number of hydrogen-bond donors (Lipinski definition) is 2. The van der Waals surface area contributed by atoms with Crippen molar-refractivity contribution in [3.05, 3.63) is 24.0 Å². The predicted octanol–water partition coefficient (Wildman–Crippen LogP) is 2.70. The van der Waals surface area contributed by atoms with Crippen LogP contribution in [0.15, 0.2) is 23.5 Å². The standard InChI is InChI=1S/C11H13N5.2BrH/c1-8-9(15-16-5-4-12-7-16)2-3-10-11(8)14-6-13-10;;/h2-3,6-7,15H,4-5H2,1H3,(H,13,14);2*1H. The number of H-pyrrole nitrogens is 1. The second kappa shape index (κ2) is 6.19. The number of aromatic nitrogens is 2. The first-order valence-electron chi connectivity index (χ1n) is 5.30. The van der Waals surface area contributed by atoms with Crippen LogP contribution in [0.1, 0.15) is 5.56 Å². The Bertz CT molecular complexity index is 551. The molecule has 0 fully saturated rings. The van der Waals surface area contributed by atoms with Crippen LogP contribution in [0, 0.1) is 6.92 Å². The van der Waals surface area contributed by atoms with Crippen LogP contribution in [0.25, 0.3) is 11.0 Å². The minimum Gasteiger partial charge on any atom is -0.345 e. The zero-order chi connectivity index (χ0) is 11.0. The highest BCUT2D eigenvalue weighted by atomic mass is 79.9. The topological polar surface area (TPSA) is 56.3 Å². The van der Waals surface area contributed by atoms with Crippen LogP contribution >= 0.6 is 34.0 Å². The van der Waals surface area contributed by atoms with Crippen LogP contribution in [0.3, 0.4) is 0 Å². The van der Waals surface area contributed by atoms with Crippen LogP contribution in [-0.4, -0.2) is 34.4 Å². The van der Waals surface area contributed by atoms with Crippen molar-refractivity contribution in [1.82, 2.24) is 15.0 Å². The summed E-state index contributed by atoms with van der Waals surface area (Å²) in [7, 11) is 0. The Hall–Kier alpha value is -1.08. The Labute approximate surface area is 126 Å². The third-order valence-electron chi connectivity index (χ3n) is 2.80. The number of aromatic amines is 1. The number of aryl methyl sites for hydroxylation is 1. The molecular formula is C11H15Br2N5. The number of imidazole rings is 1. The lowest BCUT2D eigenvalue weighted by molar-refractivity contribution is 0.557. The van der Waals surface area contributed by atoms with E-state index in [0.29, 0.717) is 0 Å². The SMILES string of the molecule is Br.Br.Cc1c(NN2C=NCC2)ccc2[nH]cnc12. The van der Waals surface area contributed by atoms with Crippen LogP contribution in [-0.2, 0) is 0 Å². The first kappa shape index (κ1) is 15.0. The molecule has 0 saturated carbocycles. The first-order valence-corrected chi connectivity index (χ1v) is 5.30. The highest BCUT2D eigenvalue weighted by Gasteiger charge is 2.09. The van der Waals surface area contributed by atoms with E-state index in [-0.39, 0.29) is 34.0 Å². The molecule has 0 bridgehead atoms. The first-order chi connectivity index (χ1) is 7.84. The van der Waals surface area contributed by atoms with Crippen molar-refractivity contribution in [1.29, 1.82) is 0 Å². The number of aliphatic imine (C=N–C) groups is 1. The molecular weight excluding hydrogens is 362 g/mol. The molecule has 98 valence electrons. The van der Waals surface area contributed by atoms with E-state index in [0.717, 1.165) is 35.4 Å². The second-order valence-electron chi connectivity index (χ2n) is 3.86. The van der Waals surface area contributed by atoms with Crippen LogP contribution in [0.5, 0.6) is 0 Å². The third-order valence-corrected chi connectivity index (χ3v) is 2.80. The van der Waals surface area contributed by atoms with Crippen molar-refractivity contribution in [3.8, 4) is 0 Å². The zero-order valence-electron chi connectivity index (χ0n) is 9.88. The Morgan fingerprint density at radius 2 is 2.17 bits per heavy atom. The average molecular weight is 377 g/mol. The summed E-state index contributed by atoms with van der Waals surface area (Å²) < 4.78 is 0. The van der Waals surface area contributed by atoms with E-state index < -0.39 is 0 Å². The molecule has 1 aliphatic heterocycles. The molecule has 3 rings (SSSR count). The van der Waals surface area contributed by atoms with E-state index in [2.05, 4.69) is 33.4 Å². The fourth-order valence-corrected chi connectivity index (χ4v) is 1.89. The van der Waals surface area contributed by atoms with Gasteiger partial charge in [0.25, 0.3) is 0 Å². The Balaban J connectivity index is 0.000000810. The Morgan fingerprint density at radius 1 is 1.33 bits per heavy atom. The van der Waals surface area contributed by atoms with Gasteiger partial charge in [-0.25, -0.2) is 4.98 Å². The lowest BCUT2D eigenvalue weighted by Crippen LogP contribution is -2.26. The van der Waals surface area contributed by atoms with Crippen molar-refractivity contribution in [2.45, 2.75) is 6.92 Å². The summed E-state index contributed by atoms with van der Waals surface area (Å²) in [6.45, 7) is 3.84. The molecule has 0 unspecified atom stereocenters. The highest BCUT2D eigenvalue weighted by molar-refractivity contribution is 8.93. The number of nitrogens with zero attached hydrogens (tertiary/aromatic N) is 3. The van der Waals surface area contributed by atoms with E-state index in [1.54, 1.807) is 6.33 Å². The van der Waals surface area contributed by atoms with Crippen molar-refractivity contribution < 1.29 is 0 Å². The summed E-state index contributed by atoms with van der Waals surface area (Å²) in [5.41, 5.74) is 7.63. The minimum atomic E-state index is 0. The molecule has 0 amide bonds. The van der Waals surface area contributed by atoms with E-state index in [1.165, 1.54) is 0 Å². The lowest BCUT2D eigenvalue weighted by Gasteiger charge is -2.18. The van der Waals surface area contributed by atoms with Gasteiger partial charge in [-0.2, -0.15) is 0 Å². The number of hydrogen-bond acceptors (Lipinski definition) is 4. The van der Waals surface area contributed by atoms with Crippen LogP contribution in [0.2, 0.25) is 0 Å². The summed E-state index contributed by atoms with van der Waals surface area (Å²) in [4.78, 5) is 11.6. The van der Waals surface area contributed by atoms with Gasteiger partial charge in [0.2, 0.25) is 0 Å². The number of nitrogens with one attached hydrogen (secondary N) is 2. The van der Waals surface area contributed by atoms with Gasteiger partial charge in [0, 0.05) is 5.56 Å². The molecule has 1 aliphatic rings. The molecule has 2 aromatic rings. The van der Waals surface area contributed by atoms with Gasteiger partial charge in [0.15, 0.2) is 0 Å². The molecule has 1 aromatic carbocycles. The predicted molar refractivity (Wildman–Crippen MR) is 85.2 cm³/mol. The average Bonchev–Trinajstić information content (AvgIpc) is 2.93. The summed E-state index contributed by atoms with van der Waals surface area (Å²) in [5.74, 6) is 0. The third kappa shape index (κ3) is 2.67. The summed E-state index contributed by atoms with van der Waals surface area (Å²) in [6, 6.07) is 4.09. The summed E-state index contributed by atoms with van der Waals surface area (Å²) in [6.07, 6.45) is 3.55. The zero-order valence-corrected chi connectivity index (χ0v) is 13.3. The molecule has 5 nitrogen and oxygen atoms in total. The van der Waals surface area contributed by atoms with Gasteiger partial charge >= 0.3 is 0 Å². The van der Waals surface area contributed by atoms with E-state index in [4.69, 9.17) is 0 Å². The number of hydrazine groups is 1. The van der Waals surface area contributed by atoms with Gasteiger partial charge in [-0.15, -0.1) is 34.0 Å². The fourth-order valence-electron chi connectivity index (χ4n) is 1.89. The quantitative estimate of drug-likeness (QED) is 0.847. The summed E-state index contributed by atoms with van der Waals surface area (Å²) in [5, 5.41) is 1.99. The molecule has 0 atom stereocenters. The van der Waals surface area contributed by atoms with Crippen LogP contribution in [0.4, 0.5) is 5.69 Å². The molecule has 18 heavy (non-hydrogen) atoms. The molecule has 2 N–H and O–H groups in total. The van der Waals surface area contributed by atoms with Gasteiger partial charge in [0.05, 0.1) is 36.1 Å². The molecule has 2 heterocycles. The maximum atomic E-state index is 4.31. The highest BCUT2D eigenvalue weighted by Crippen LogP contribution is 2.23. The van der Waals surface area contributed by atoms with Crippen molar-refractivity contribution >= 4 is 57.0 Å². The smallest absolute Gasteiger partial charge is 0.104 e. The maximum absolute atomic E-state index is 4.31. The van der Waals surface area contributed by atoms with E-state index >= 15 is 0 Å². The fraction of sp³-hybridized carbons (Fsp3) is 0.273. The number of halogens is 2. The molecule has 0 radical (unpaired) electrons. The Kier molecular flexibility index (Phi) is 5.15. The van der Waals surface area contributed by atoms with Crippen molar-refractivity contribution in [2.24, 2.45) is 4.99 Å². The van der Waals surface area contributed by atoms with Gasteiger partial charge in [0.1, 0.15) is 6.34 Å². The Morgan fingerprint density at radius 3 is 2.89 bits per heavy atom. The van der Waals surface area contributed by atoms with Gasteiger partial charge in [-0.3, -0.25) is 15.4 Å². The molecule has 0 aliphatic carbocycles. The maximum Gasteiger partial charge on any atom is 0.104 e. The minimum absolute atomic E-state index is 0. The normalized spacial score (nSPS) is 13.3. The van der Waals surface area contributed by atoms with Gasteiger partial charge in [-0.1, -0.05) is 0 Å². The number of rotatable bonds is 2. The van der Waals surface area contributed by atoms with Crippen molar-refractivity contribution in [2.75, 3.05) is 18.5 Å². The molecule has 7 heteroatoms. The van der Waals surface area contributed by atoms with Gasteiger partial charge < -0.3 is 4.98 Å². The molecule has 0 saturated heterocycles. The van der Waals surface area contributed by atoms with E-state index in [9.17, 15) is 0 Å². The number of anilines is 1. The monoisotopic (exact) mass is 375 g/mol. The lowest BCUT2D eigenvalue weighted by atomic mass is 10.1. The van der Waals surface area contributed by atoms with E-state index in [1.807, 2.05) is 17.4 Å².